The number of hydrogen-bond donors (Lipinski definition) is 0. The molecule has 1 aliphatic heterocycles. The summed E-state index contributed by atoms with van der Waals surface area (Å²) in [5.41, 5.74) is 1.39. The van der Waals surface area contributed by atoms with Crippen LogP contribution in [0.4, 0.5) is 16.2 Å². The lowest BCUT2D eigenvalue weighted by Gasteiger charge is -2.13. The fraction of sp³-hybridized carbons (Fsp3) is 0.154. The average Bonchev–Trinajstić information content (AvgIpc) is 3.13. The van der Waals surface area contributed by atoms with Crippen LogP contribution in [0.15, 0.2) is 65.6 Å². The number of carbonyl (C=O) groups is 2. The van der Waals surface area contributed by atoms with Gasteiger partial charge in [0.2, 0.25) is 5.75 Å². The summed E-state index contributed by atoms with van der Waals surface area (Å²) in [6, 6.07) is 15.3. The Morgan fingerprint density at radius 2 is 1.71 bits per heavy atom. The van der Waals surface area contributed by atoms with Gasteiger partial charge in [0.25, 0.3) is 16.8 Å². The molecule has 0 aromatic heterocycles. The minimum absolute atomic E-state index is 0.133. The van der Waals surface area contributed by atoms with Crippen LogP contribution in [0.3, 0.4) is 0 Å². The van der Waals surface area contributed by atoms with Crippen LogP contribution in [0, 0.1) is 27.2 Å². The van der Waals surface area contributed by atoms with Gasteiger partial charge < -0.3 is 9.47 Å². The number of hydrogen-bond acceptors (Lipinski definition) is 9. The first-order chi connectivity index (χ1) is 18.2. The molecule has 0 radical (unpaired) electrons. The van der Waals surface area contributed by atoms with Crippen molar-refractivity contribution in [3.8, 4) is 17.2 Å². The molecule has 194 valence electrons. The van der Waals surface area contributed by atoms with Gasteiger partial charge in [-0.2, -0.15) is 0 Å². The number of aryl methyl sites for hydroxylation is 1. The third-order valence-electron chi connectivity index (χ3n) is 5.43. The molecule has 3 aromatic carbocycles. The van der Waals surface area contributed by atoms with Crippen molar-refractivity contribution in [1.29, 1.82) is 0 Å². The minimum Gasteiger partial charge on any atom is -0.490 e. The van der Waals surface area contributed by atoms with E-state index in [0.717, 1.165) is 41.1 Å². The molecule has 0 atom stereocenters. The van der Waals surface area contributed by atoms with E-state index in [-0.39, 0.29) is 40.5 Å². The fourth-order valence-electron chi connectivity index (χ4n) is 3.71. The van der Waals surface area contributed by atoms with E-state index in [0.29, 0.717) is 5.56 Å². The Morgan fingerprint density at radius 3 is 2.39 bits per heavy atom. The fourth-order valence-corrected chi connectivity index (χ4v) is 4.55. The van der Waals surface area contributed by atoms with Gasteiger partial charge in [-0.15, -0.1) is 0 Å². The van der Waals surface area contributed by atoms with Crippen molar-refractivity contribution in [2.75, 3.05) is 6.61 Å². The smallest absolute Gasteiger partial charge is 0.318 e. The maximum absolute atomic E-state index is 13.0. The summed E-state index contributed by atoms with van der Waals surface area (Å²) in [5, 5.41) is 22.1. The molecule has 4 rings (SSSR count). The number of benzene rings is 3. The first kappa shape index (κ1) is 26.4. The third-order valence-corrected chi connectivity index (χ3v) is 6.34. The zero-order valence-electron chi connectivity index (χ0n) is 20.3. The molecule has 1 heterocycles. The Morgan fingerprint density at radius 1 is 0.947 bits per heavy atom. The molecule has 0 aliphatic carbocycles. The van der Waals surface area contributed by atoms with Crippen LogP contribution in [0.25, 0.3) is 6.08 Å². The second kappa shape index (κ2) is 11.1. The van der Waals surface area contributed by atoms with Gasteiger partial charge in [-0.25, -0.2) is 0 Å². The van der Waals surface area contributed by atoms with Crippen LogP contribution >= 0.6 is 11.8 Å². The molecule has 38 heavy (non-hydrogen) atoms. The number of amides is 2. The van der Waals surface area contributed by atoms with E-state index in [2.05, 4.69) is 0 Å². The zero-order chi connectivity index (χ0) is 27.4. The van der Waals surface area contributed by atoms with Crippen molar-refractivity contribution in [3.05, 3.63) is 102 Å². The molecular weight excluding hydrogens is 514 g/mol. The Balaban J connectivity index is 1.60. The van der Waals surface area contributed by atoms with Gasteiger partial charge in [0.05, 0.1) is 34.0 Å². The van der Waals surface area contributed by atoms with E-state index in [1.807, 2.05) is 31.2 Å². The summed E-state index contributed by atoms with van der Waals surface area (Å²) in [6.45, 7) is 4.08. The highest BCUT2D eigenvalue weighted by Crippen LogP contribution is 2.40. The van der Waals surface area contributed by atoms with E-state index in [1.54, 1.807) is 25.1 Å². The standard InChI is InChI=1S/C26H21N3O8S/c1-3-36-23-12-17(7-9-22(23)37-21-10-8-19(28(32)33)14-20(21)29(34)35)13-24-25(30)27(26(31)38-24)15-18-6-4-5-16(2)11-18/h4-14H,3,15H2,1-2H3/b24-13+. The Hall–Kier alpha value is -4.71. The zero-order valence-corrected chi connectivity index (χ0v) is 21.1. The molecule has 2 amide bonds. The topological polar surface area (TPSA) is 142 Å². The predicted octanol–water partition coefficient (Wildman–Crippen LogP) is 6.24. The van der Waals surface area contributed by atoms with Crippen LogP contribution in [0.5, 0.6) is 17.2 Å². The lowest BCUT2D eigenvalue weighted by molar-refractivity contribution is -0.394. The van der Waals surface area contributed by atoms with Crippen LogP contribution in [0.2, 0.25) is 0 Å². The molecule has 0 N–H and O–H groups in total. The highest BCUT2D eigenvalue weighted by molar-refractivity contribution is 8.18. The maximum Gasteiger partial charge on any atom is 0.318 e. The van der Waals surface area contributed by atoms with Crippen molar-refractivity contribution in [3.63, 3.8) is 0 Å². The van der Waals surface area contributed by atoms with Crippen molar-refractivity contribution in [2.45, 2.75) is 20.4 Å². The van der Waals surface area contributed by atoms with E-state index in [9.17, 15) is 29.8 Å². The van der Waals surface area contributed by atoms with Gasteiger partial charge >= 0.3 is 5.69 Å². The summed E-state index contributed by atoms with van der Waals surface area (Å²) in [7, 11) is 0. The lowest BCUT2D eigenvalue weighted by atomic mass is 10.1. The molecule has 1 fully saturated rings. The Labute approximate surface area is 221 Å². The van der Waals surface area contributed by atoms with Crippen molar-refractivity contribution < 1.29 is 28.9 Å². The number of carbonyl (C=O) groups excluding carboxylic acids is 2. The van der Waals surface area contributed by atoms with E-state index >= 15 is 0 Å². The number of nitro groups is 2. The van der Waals surface area contributed by atoms with Crippen LogP contribution in [-0.4, -0.2) is 32.5 Å². The molecule has 12 heteroatoms. The highest BCUT2D eigenvalue weighted by Gasteiger charge is 2.35. The van der Waals surface area contributed by atoms with Crippen molar-refractivity contribution in [1.82, 2.24) is 4.90 Å². The van der Waals surface area contributed by atoms with Gasteiger partial charge in [-0.1, -0.05) is 35.9 Å². The quantitative estimate of drug-likeness (QED) is 0.177. The summed E-state index contributed by atoms with van der Waals surface area (Å²) >= 11 is 0.831. The molecular formula is C26H21N3O8S. The second-order valence-corrected chi connectivity index (χ2v) is 9.16. The summed E-state index contributed by atoms with van der Waals surface area (Å²) in [6.07, 6.45) is 1.56. The van der Waals surface area contributed by atoms with E-state index < -0.39 is 27.1 Å². The number of non-ortho nitro benzene ring substituents is 1. The van der Waals surface area contributed by atoms with Crippen LogP contribution in [0.1, 0.15) is 23.6 Å². The second-order valence-electron chi connectivity index (χ2n) is 8.16. The summed E-state index contributed by atoms with van der Waals surface area (Å²) in [5.74, 6) is -0.255. The molecule has 1 saturated heterocycles. The minimum atomic E-state index is -0.774. The molecule has 0 spiro atoms. The van der Waals surface area contributed by atoms with Crippen LogP contribution < -0.4 is 9.47 Å². The first-order valence-electron chi connectivity index (χ1n) is 11.3. The summed E-state index contributed by atoms with van der Waals surface area (Å²) < 4.78 is 11.3. The number of thioether (sulfide) groups is 1. The molecule has 1 aliphatic rings. The maximum atomic E-state index is 13.0. The molecule has 11 nitrogen and oxygen atoms in total. The SMILES string of the molecule is CCOc1cc(/C=C2/SC(=O)N(Cc3cccc(C)c3)C2=O)ccc1Oc1ccc([N+](=O)[O-])cc1[N+](=O)[O-]. The number of ether oxygens (including phenoxy) is 2. The average molecular weight is 536 g/mol. The Bertz CT molecular complexity index is 1490. The molecule has 0 bridgehead atoms. The number of nitrogens with zero attached hydrogens (tertiary/aromatic N) is 3. The summed E-state index contributed by atoms with van der Waals surface area (Å²) in [4.78, 5) is 47.9. The van der Waals surface area contributed by atoms with Gasteiger partial charge in [-0.3, -0.25) is 34.7 Å². The lowest BCUT2D eigenvalue weighted by Crippen LogP contribution is -2.27. The van der Waals surface area contributed by atoms with Gasteiger partial charge in [0.1, 0.15) is 0 Å². The van der Waals surface area contributed by atoms with Crippen LogP contribution in [-0.2, 0) is 11.3 Å². The number of rotatable bonds is 9. The van der Waals surface area contributed by atoms with Gasteiger partial charge in [0, 0.05) is 6.07 Å². The van der Waals surface area contributed by atoms with E-state index in [1.165, 1.54) is 11.0 Å². The van der Waals surface area contributed by atoms with Crippen molar-refractivity contribution in [2.24, 2.45) is 0 Å². The third kappa shape index (κ3) is 5.81. The van der Waals surface area contributed by atoms with Crippen molar-refractivity contribution >= 4 is 40.4 Å². The number of nitro benzene ring substituents is 2. The largest absolute Gasteiger partial charge is 0.490 e. The predicted molar refractivity (Wildman–Crippen MR) is 140 cm³/mol. The molecule has 3 aromatic rings. The van der Waals surface area contributed by atoms with E-state index in [4.69, 9.17) is 9.47 Å². The molecule has 0 saturated carbocycles. The molecule has 0 unspecified atom stereocenters. The first-order valence-corrected chi connectivity index (χ1v) is 12.2. The van der Waals surface area contributed by atoms with Gasteiger partial charge in [-0.05, 0) is 61.0 Å². The normalized spacial score (nSPS) is 14.2. The Kier molecular flexibility index (Phi) is 7.72. The monoisotopic (exact) mass is 535 g/mol. The number of imide groups is 1. The van der Waals surface area contributed by atoms with Gasteiger partial charge in [0.15, 0.2) is 11.5 Å². The highest BCUT2D eigenvalue weighted by atomic mass is 32.2.